The molecule has 19 heavy (non-hydrogen) atoms. The third-order valence-corrected chi connectivity index (χ3v) is 3.25. The number of amides is 1. The molecule has 1 aromatic heterocycles. The minimum atomic E-state index is -0.224. The second kappa shape index (κ2) is 6.29. The lowest BCUT2D eigenvalue weighted by Crippen LogP contribution is -2.07. The lowest BCUT2D eigenvalue weighted by atomic mass is 10.2. The number of hydrogen-bond acceptors (Lipinski definition) is 4. The largest absolute Gasteiger partial charge is 0.309 e. The van der Waals surface area contributed by atoms with Crippen LogP contribution in [0.25, 0.3) is 0 Å². The minimum absolute atomic E-state index is 0.193. The summed E-state index contributed by atoms with van der Waals surface area (Å²) < 4.78 is 13.4. The third-order valence-electron chi connectivity index (χ3n) is 2.28. The zero-order chi connectivity index (χ0) is 13.7. The Morgan fingerprint density at radius 3 is 2.68 bits per heavy atom. The van der Waals surface area contributed by atoms with Crippen LogP contribution in [0, 0.1) is 5.82 Å². The van der Waals surface area contributed by atoms with Crippen LogP contribution >= 0.6 is 11.8 Å². The quantitative estimate of drug-likeness (QED) is 0.873. The molecule has 1 heterocycles. The molecule has 0 unspecified atom stereocenters. The maximum Gasteiger partial charge on any atom is 0.222 e. The molecular weight excluding hydrogens is 265 g/mol. The topological polar surface area (TPSA) is 54.9 Å². The summed E-state index contributed by atoms with van der Waals surface area (Å²) in [5.41, 5.74) is 0.625. The van der Waals surface area contributed by atoms with Crippen molar-refractivity contribution in [2.75, 3.05) is 5.32 Å². The van der Waals surface area contributed by atoms with Crippen LogP contribution < -0.4 is 5.32 Å². The van der Waals surface area contributed by atoms with Gasteiger partial charge in [-0.3, -0.25) is 4.79 Å². The monoisotopic (exact) mass is 277 g/mol. The summed E-state index contributed by atoms with van der Waals surface area (Å²) >= 11 is 1.39. The Kier molecular flexibility index (Phi) is 4.46. The predicted octanol–water partition coefficient (Wildman–Crippen LogP) is 2.87. The number of carbonyl (C=O) groups excluding carboxylic acids is 1. The van der Waals surface area contributed by atoms with Gasteiger partial charge >= 0.3 is 0 Å². The molecule has 0 aliphatic heterocycles. The van der Waals surface area contributed by atoms with Gasteiger partial charge in [0.25, 0.3) is 0 Å². The Hall–Kier alpha value is -1.95. The Morgan fingerprint density at radius 2 is 2.05 bits per heavy atom. The highest BCUT2D eigenvalue weighted by molar-refractivity contribution is 7.98. The van der Waals surface area contributed by atoms with Gasteiger partial charge in [-0.1, -0.05) is 30.0 Å². The van der Waals surface area contributed by atoms with Crippen molar-refractivity contribution in [3.8, 4) is 0 Å². The molecule has 0 saturated carbocycles. The van der Waals surface area contributed by atoms with E-state index in [1.807, 2.05) is 0 Å². The lowest BCUT2D eigenvalue weighted by molar-refractivity contribution is -0.114. The molecule has 0 aliphatic rings. The minimum Gasteiger partial charge on any atom is -0.309 e. The molecular formula is C13H12FN3OS. The van der Waals surface area contributed by atoms with Crippen molar-refractivity contribution < 1.29 is 9.18 Å². The van der Waals surface area contributed by atoms with Gasteiger partial charge in [0, 0.05) is 12.7 Å². The van der Waals surface area contributed by atoms with Crippen molar-refractivity contribution >= 4 is 23.5 Å². The highest BCUT2D eigenvalue weighted by atomic mass is 32.2. The standard InChI is InChI=1S/C13H12FN3OS/c1-9(18)15-12-6-7-13(17-16-12)19-8-10-4-2-3-5-11(10)14/h2-7H,8H2,1H3,(H,15,16,18). The molecule has 0 aliphatic carbocycles. The van der Waals surface area contributed by atoms with Crippen molar-refractivity contribution in [3.63, 3.8) is 0 Å². The van der Waals surface area contributed by atoms with E-state index in [0.717, 1.165) is 0 Å². The second-order valence-electron chi connectivity index (χ2n) is 3.82. The summed E-state index contributed by atoms with van der Waals surface area (Å²) in [6.07, 6.45) is 0. The number of anilines is 1. The zero-order valence-corrected chi connectivity index (χ0v) is 11.1. The maximum atomic E-state index is 13.4. The molecule has 0 radical (unpaired) electrons. The number of rotatable bonds is 4. The maximum absolute atomic E-state index is 13.4. The van der Waals surface area contributed by atoms with E-state index < -0.39 is 0 Å². The summed E-state index contributed by atoms with van der Waals surface area (Å²) in [6.45, 7) is 1.41. The van der Waals surface area contributed by atoms with Crippen LogP contribution in [0.4, 0.5) is 10.2 Å². The van der Waals surface area contributed by atoms with Crippen LogP contribution in [-0.4, -0.2) is 16.1 Å². The van der Waals surface area contributed by atoms with E-state index in [-0.39, 0.29) is 11.7 Å². The summed E-state index contributed by atoms with van der Waals surface area (Å²) in [6, 6.07) is 10.0. The molecule has 0 spiro atoms. The van der Waals surface area contributed by atoms with E-state index >= 15 is 0 Å². The van der Waals surface area contributed by atoms with Crippen molar-refractivity contribution in [2.24, 2.45) is 0 Å². The number of thioether (sulfide) groups is 1. The van der Waals surface area contributed by atoms with Crippen LogP contribution in [0.3, 0.4) is 0 Å². The number of nitrogens with one attached hydrogen (secondary N) is 1. The fourth-order valence-corrected chi connectivity index (χ4v) is 2.21. The molecule has 0 saturated heterocycles. The first kappa shape index (κ1) is 13.5. The normalized spacial score (nSPS) is 10.2. The number of hydrogen-bond donors (Lipinski definition) is 1. The molecule has 0 bridgehead atoms. The molecule has 1 amide bonds. The summed E-state index contributed by atoms with van der Waals surface area (Å²) in [5.74, 6) is 0.475. The summed E-state index contributed by atoms with van der Waals surface area (Å²) in [7, 11) is 0. The average molecular weight is 277 g/mol. The van der Waals surface area contributed by atoms with E-state index in [9.17, 15) is 9.18 Å². The summed E-state index contributed by atoms with van der Waals surface area (Å²) in [5, 5.41) is 11.0. The van der Waals surface area contributed by atoms with Gasteiger partial charge in [0.1, 0.15) is 10.8 Å². The van der Waals surface area contributed by atoms with E-state index in [4.69, 9.17) is 0 Å². The highest BCUT2D eigenvalue weighted by Crippen LogP contribution is 2.22. The SMILES string of the molecule is CC(=O)Nc1ccc(SCc2ccccc2F)nn1. The summed E-state index contributed by atoms with van der Waals surface area (Å²) in [4.78, 5) is 10.8. The number of carbonyl (C=O) groups is 1. The molecule has 98 valence electrons. The highest BCUT2D eigenvalue weighted by Gasteiger charge is 2.04. The van der Waals surface area contributed by atoms with Crippen LogP contribution in [0.2, 0.25) is 0 Å². The molecule has 4 nitrogen and oxygen atoms in total. The lowest BCUT2D eigenvalue weighted by Gasteiger charge is -2.03. The van der Waals surface area contributed by atoms with E-state index in [1.165, 1.54) is 24.8 Å². The van der Waals surface area contributed by atoms with Gasteiger partial charge < -0.3 is 5.32 Å². The number of benzene rings is 1. The molecule has 2 aromatic rings. The molecule has 2 rings (SSSR count). The van der Waals surface area contributed by atoms with Crippen molar-refractivity contribution in [3.05, 3.63) is 47.8 Å². The van der Waals surface area contributed by atoms with Crippen LogP contribution in [0.5, 0.6) is 0 Å². The Morgan fingerprint density at radius 1 is 1.26 bits per heavy atom. The number of halogens is 1. The van der Waals surface area contributed by atoms with Gasteiger partial charge in [-0.05, 0) is 23.8 Å². The van der Waals surface area contributed by atoms with Crippen molar-refractivity contribution in [1.29, 1.82) is 0 Å². The van der Waals surface area contributed by atoms with Gasteiger partial charge in [-0.15, -0.1) is 10.2 Å². The second-order valence-corrected chi connectivity index (χ2v) is 4.81. The van der Waals surface area contributed by atoms with Crippen molar-refractivity contribution in [2.45, 2.75) is 17.7 Å². The molecule has 1 N–H and O–H groups in total. The predicted molar refractivity (Wildman–Crippen MR) is 72.3 cm³/mol. The fraction of sp³-hybridized carbons (Fsp3) is 0.154. The van der Waals surface area contributed by atoms with Gasteiger partial charge in [0.15, 0.2) is 5.82 Å². The Labute approximate surface area is 114 Å². The van der Waals surface area contributed by atoms with E-state index in [1.54, 1.807) is 30.3 Å². The average Bonchev–Trinajstić information content (AvgIpc) is 2.39. The number of nitrogens with zero attached hydrogens (tertiary/aromatic N) is 2. The Bertz CT molecular complexity index is 574. The van der Waals surface area contributed by atoms with Crippen LogP contribution in [0.1, 0.15) is 12.5 Å². The number of aromatic nitrogens is 2. The van der Waals surface area contributed by atoms with Gasteiger partial charge in [0.2, 0.25) is 5.91 Å². The smallest absolute Gasteiger partial charge is 0.222 e. The third kappa shape index (κ3) is 4.03. The van der Waals surface area contributed by atoms with Gasteiger partial charge in [-0.2, -0.15) is 0 Å². The van der Waals surface area contributed by atoms with Crippen molar-refractivity contribution in [1.82, 2.24) is 10.2 Å². The molecule has 1 aromatic carbocycles. The van der Waals surface area contributed by atoms with Gasteiger partial charge in [0.05, 0.1) is 0 Å². The molecule has 0 atom stereocenters. The Balaban J connectivity index is 1.97. The first-order chi connectivity index (χ1) is 9.15. The van der Waals surface area contributed by atoms with Crippen LogP contribution in [0.15, 0.2) is 41.4 Å². The molecule has 0 fully saturated rings. The fourth-order valence-electron chi connectivity index (χ4n) is 1.41. The molecule has 6 heteroatoms. The first-order valence-corrected chi connectivity index (χ1v) is 6.61. The van der Waals surface area contributed by atoms with E-state index in [0.29, 0.717) is 22.2 Å². The van der Waals surface area contributed by atoms with Gasteiger partial charge in [-0.25, -0.2) is 4.39 Å². The van der Waals surface area contributed by atoms with Crippen LogP contribution in [-0.2, 0) is 10.5 Å². The zero-order valence-electron chi connectivity index (χ0n) is 10.3. The first-order valence-electron chi connectivity index (χ1n) is 5.62. The van der Waals surface area contributed by atoms with E-state index in [2.05, 4.69) is 15.5 Å².